The van der Waals surface area contributed by atoms with Crippen molar-refractivity contribution in [1.82, 2.24) is 5.32 Å². The molecule has 100 valence electrons. The Kier molecular flexibility index (Phi) is 5.52. The SMILES string of the molecule is CNC(=O)[C@H](C#N)C(=O)[C@@H](C)Oc1cccc(Br)c1. The van der Waals surface area contributed by atoms with Crippen molar-refractivity contribution in [2.24, 2.45) is 5.92 Å². The third kappa shape index (κ3) is 4.07. The number of Topliss-reactive ketones (excluding diaryl/α,β-unsaturated/α-hetero) is 1. The van der Waals surface area contributed by atoms with Crippen LogP contribution in [-0.4, -0.2) is 24.8 Å². The Labute approximate surface area is 119 Å². The Hall–Kier alpha value is -1.87. The predicted octanol–water partition coefficient (Wildman–Crippen LogP) is 1.67. The zero-order valence-electron chi connectivity index (χ0n) is 10.5. The van der Waals surface area contributed by atoms with Gasteiger partial charge in [0.15, 0.2) is 17.8 Å². The predicted molar refractivity (Wildman–Crippen MR) is 72.4 cm³/mol. The van der Waals surface area contributed by atoms with E-state index in [1.807, 2.05) is 6.07 Å². The second-order valence-electron chi connectivity index (χ2n) is 3.80. The van der Waals surface area contributed by atoms with Crippen LogP contribution in [0.15, 0.2) is 28.7 Å². The molecule has 1 N–H and O–H groups in total. The van der Waals surface area contributed by atoms with E-state index >= 15 is 0 Å². The van der Waals surface area contributed by atoms with Gasteiger partial charge in [0, 0.05) is 11.5 Å². The van der Waals surface area contributed by atoms with Gasteiger partial charge in [0.05, 0.1) is 6.07 Å². The molecule has 0 aliphatic heterocycles. The summed E-state index contributed by atoms with van der Waals surface area (Å²) in [4.78, 5) is 23.3. The molecular formula is C13H13BrN2O3. The van der Waals surface area contributed by atoms with Crippen LogP contribution in [0.25, 0.3) is 0 Å². The van der Waals surface area contributed by atoms with E-state index in [-0.39, 0.29) is 0 Å². The van der Waals surface area contributed by atoms with Crippen LogP contribution in [-0.2, 0) is 9.59 Å². The minimum absolute atomic E-state index is 0.490. The fourth-order valence-corrected chi connectivity index (χ4v) is 1.81. The fraction of sp³-hybridized carbons (Fsp3) is 0.308. The normalized spacial score (nSPS) is 12.9. The van der Waals surface area contributed by atoms with E-state index in [1.165, 1.54) is 14.0 Å². The van der Waals surface area contributed by atoms with E-state index < -0.39 is 23.7 Å². The fourth-order valence-electron chi connectivity index (χ4n) is 1.43. The summed E-state index contributed by atoms with van der Waals surface area (Å²) in [5, 5.41) is 11.1. The first-order valence-corrected chi connectivity index (χ1v) is 6.36. The van der Waals surface area contributed by atoms with E-state index in [1.54, 1.807) is 24.3 Å². The zero-order valence-corrected chi connectivity index (χ0v) is 12.1. The summed E-state index contributed by atoms with van der Waals surface area (Å²) in [7, 11) is 1.37. The van der Waals surface area contributed by atoms with Crippen molar-refractivity contribution in [3.8, 4) is 11.8 Å². The maximum Gasteiger partial charge on any atom is 0.244 e. The van der Waals surface area contributed by atoms with Crippen molar-refractivity contribution in [3.05, 3.63) is 28.7 Å². The lowest BCUT2D eigenvalue weighted by Crippen LogP contribution is -2.38. The summed E-state index contributed by atoms with van der Waals surface area (Å²) in [5.41, 5.74) is 0. The molecular weight excluding hydrogens is 312 g/mol. The number of benzene rings is 1. The molecule has 0 aromatic heterocycles. The van der Waals surface area contributed by atoms with Crippen LogP contribution in [0.3, 0.4) is 0 Å². The third-order valence-corrected chi connectivity index (χ3v) is 2.93. The van der Waals surface area contributed by atoms with Crippen LogP contribution in [0.1, 0.15) is 6.92 Å². The lowest BCUT2D eigenvalue weighted by molar-refractivity contribution is -0.135. The highest BCUT2D eigenvalue weighted by Gasteiger charge is 2.30. The number of nitrogens with one attached hydrogen (secondary N) is 1. The Morgan fingerprint density at radius 1 is 1.47 bits per heavy atom. The summed E-state index contributed by atoms with van der Waals surface area (Å²) in [6.45, 7) is 1.51. The number of halogens is 1. The molecule has 0 unspecified atom stereocenters. The molecule has 19 heavy (non-hydrogen) atoms. The number of nitriles is 1. The first kappa shape index (κ1) is 15.2. The molecule has 0 aliphatic carbocycles. The molecule has 0 saturated carbocycles. The van der Waals surface area contributed by atoms with E-state index in [4.69, 9.17) is 10.00 Å². The number of ketones is 1. The van der Waals surface area contributed by atoms with Crippen LogP contribution >= 0.6 is 15.9 Å². The van der Waals surface area contributed by atoms with Gasteiger partial charge in [0.25, 0.3) is 0 Å². The van der Waals surface area contributed by atoms with Crippen molar-refractivity contribution in [2.75, 3.05) is 7.05 Å². The first-order chi connectivity index (χ1) is 8.99. The molecule has 0 aliphatic rings. The number of hydrogen-bond donors (Lipinski definition) is 1. The molecule has 2 atom stereocenters. The van der Waals surface area contributed by atoms with Crippen LogP contribution in [0.5, 0.6) is 5.75 Å². The van der Waals surface area contributed by atoms with E-state index in [2.05, 4.69) is 21.2 Å². The Morgan fingerprint density at radius 2 is 2.16 bits per heavy atom. The molecule has 1 amide bonds. The minimum Gasteiger partial charge on any atom is -0.483 e. The van der Waals surface area contributed by atoms with Crippen LogP contribution < -0.4 is 10.1 Å². The Bertz CT molecular complexity index is 525. The molecule has 5 nitrogen and oxygen atoms in total. The van der Waals surface area contributed by atoms with Crippen LogP contribution in [0.4, 0.5) is 0 Å². The molecule has 1 aromatic carbocycles. The summed E-state index contributed by atoms with van der Waals surface area (Å²) < 4.78 is 6.24. The number of rotatable bonds is 5. The Balaban J connectivity index is 2.77. The summed E-state index contributed by atoms with van der Waals surface area (Å²) >= 11 is 3.28. The van der Waals surface area contributed by atoms with Crippen LogP contribution in [0.2, 0.25) is 0 Å². The van der Waals surface area contributed by atoms with Gasteiger partial charge in [-0.05, 0) is 25.1 Å². The molecule has 1 aromatic rings. The zero-order chi connectivity index (χ0) is 14.4. The Morgan fingerprint density at radius 3 is 2.68 bits per heavy atom. The van der Waals surface area contributed by atoms with E-state index in [0.717, 1.165) is 4.47 Å². The molecule has 0 fully saturated rings. The average molecular weight is 325 g/mol. The molecule has 0 spiro atoms. The summed E-state index contributed by atoms with van der Waals surface area (Å²) in [6, 6.07) is 8.65. The standard InChI is InChI=1S/C13H13BrN2O3/c1-8(12(17)11(7-15)13(18)16-2)19-10-5-3-4-9(14)6-10/h3-6,8,11H,1-2H3,(H,16,18)/t8-,11-/m1/s1. The van der Waals surface area contributed by atoms with Crippen molar-refractivity contribution < 1.29 is 14.3 Å². The van der Waals surface area contributed by atoms with Crippen molar-refractivity contribution in [1.29, 1.82) is 5.26 Å². The lowest BCUT2D eigenvalue weighted by atomic mass is 10.0. The highest BCUT2D eigenvalue weighted by molar-refractivity contribution is 9.10. The minimum atomic E-state index is -1.35. The number of carbonyl (C=O) groups excluding carboxylic acids is 2. The average Bonchev–Trinajstić information content (AvgIpc) is 2.39. The van der Waals surface area contributed by atoms with E-state index in [0.29, 0.717) is 5.75 Å². The number of carbonyl (C=O) groups is 2. The molecule has 0 heterocycles. The largest absolute Gasteiger partial charge is 0.483 e. The van der Waals surface area contributed by atoms with Gasteiger partial charge in [0.2, 0.25) is 5.91 Å². The monoisotopic (exact) mass is 324 g/mol. The smallest absolute Gasteiger partial charge is 0.244 e. The number of hydrogen-bond acceptors (Lipinski definition) is 4. The second kappa shape index (κ2) is 6.90. The summed E-state index contributed by atoms with van der Waals surface area (Å²) in [6.07, 6.45) is -0.878. The third-order valence-electron chi connectivity index (χ3n) is 2.43. The van der Waals surface area contributed by atoms with Gasteiger partial charge in [-0.1, -0.05) is 22.0 Å². The number of amides is 1. The highest BCUT2D eigenvalue weighted by Crippen LogP contribution is 2.19. The first-order valence-electron chi connectivity index (χ1n) is 5.56. The summed E-state index contributed by atoms with van der Waals surface area (Å²) in [5.74, 6) is -2.06. The second-order valence-corrected chi connectivity index (χ2v) is 4.71. The van der Waals surface area contributed by atoms with Gasteiger partial charge < -0.3 is 10.1 Å². The van der Waals surface area contributed by atoms with Gasteiger partial charge in [0.1, 0.15) is 5.75 Å². The highest BCUT2D eigenvalue weighted by atomic mass is 79.9. The van der Waals surface area contributed by atoms with Gasteiger partial charge in [-0.2, -0.15) is 5.26 Å². The van der Waals surface area contributed by atoms with Gasteiger partial charge in [-0.15, -0.1) is 0 Å². The van der Waals surface area contributed by atoms with E-state index in [9.17, 15) is 9.59 Å². The van der Waals surface area contributed by atoms with Crippen molar-refractivity contribution >= 4 is 27.6 Å². The maximum atomic E-state index is 11.9. The van der Waals surface area contributed by atoms with Crippen molar-refractivity contribution in [2.45, 2.75) is 13.0 Å². The van der Waals surface area contributed by atoms with Crippen molar-refractivity contribution in [3.63, 3.8) is 0 Å². The topological polar surface area (TPSA) is 79.2 Å². The lowest BCUT2D eigenvalue weighted by Gasteiger charge is -2.16. The molecule has 0 saturated heterocycles. The van der Waals surface area contributed by atoms with Gasteiger partial charge in [-0.25, -0.2) is 0 Å². The van der Waals surface area contributed by atoms with Crippen LogP contribution in [0, 0.1) is 17.2 Å². The molecule has 6 heteroatoms. The molecule has 1 rings (SSSR count). The quantitative estimate of drug-likeness (QED) is 0.835. The number of nitrogens with zero attached hydrogens (tertiary/aromatic N) is 1. The maximum absolute atomic E-state index is 11.9. The van der Waals surface area contributed by atoms with Gasteiger partial charge >= 0.3 is 0 Å². The number of ether oxygens (including phenoxy) is 1. The molecule has 0 bridgehead atoms. The van der Waals surface area contributed by atoms with Gasteiger partial charge in [-0.3, -0.25) is 9.59 Å². The molecule has 0 radical (unpaired) electrons.